The third-order valence-electron chi connectivity index (χ3n) is 8.63. The second-order valence-corrected chi connectivity index (χ2v) is 14.1. The molecular weight excluding hydrogens is 638 g/mol. The van der Waals surface area contributed by atoms with E-state index in [0.29, 0.717) is 29.9 Å². The standard InChI is InChI=1S/C36H44F2N4O5S/c1-4-13-41(14-5-2)34(44)27-16-25(3)21-36(22-27,35(39)45)32(19-26-17-28(37)20-29(38)18-26)33(43)24-40-23-30-10-9-15-42(30)48(46,47)31-11-7-6-8-12-31/h6-12,15-18,20-21,32-33,40,43H,4-5,13-14,19,22-24H2,1-3H3,(H2,39,45)/t32-,33+,36?/m1/s1. The van der Waals surface area contributed by atoms with Gasteiger partial charge in [0.15, 0.2) is 0 Å². The molecule has 0 saturated carbocycles. The van der Waals surface area contributed by atoms with Crippen molar-refractivity contribution in [2.24, 2.45) is 17.1 Å². The molecule has 0 spiro atoms. The number of amides is 2. The van der Waals surface area contributed by atoms with Crippen LogP contribution in [0, 0.1) is 23.0 Å². The summed E-state index contributed by atoms with van der Waals surface area (Å²) in [6.07, 6.45) is 4.69. The van der Waals surface area contributed by atoms with Crippen LogP contribution >= 0.6 is 0 Å². The molecule has 0 saturated heterocycles. The van der Waals surface area contributed by atoms with Gasteiger partial charge in [0, 0.05) is 55.6 Å². The average Bonchev–Trinajstić information content (AvgIpc) is 3.52. The van der Waals surface area contributed by atoms with Gasteiger partial charge >= 0.3 is 0 Å². The molecule has 1 aliphatic carbocycles. The highest BCUT2D eigenvalue weighted by atomic mass is 32.2. The second-order valence-electron chi connectivity index (χ2n) is 12.3. The molecule has 1 aliphatic rings. The number of hydrogen-bond acceptors (Lipinski definition) is 6. The van der Waals surface area contributed by atoms with Gasteiger partial charge in [0.1, 0.15) is 11.6 Å². The Hall–Kier alpha value is -4.13. The number of benzene rings is 2. The number of carbonyl (C=O) groups is 2. The van der Waals surface area contributed by atoms with Crippen LogP contribution in [0.1, 0.15) is 51.3 Å². The third-order valence-corrected chi connectivity index (χ3v) is 10.4. The van der Waals surface area contributed by atoms with Crippen molar-refractivity contribution >= 4 is 21.8 Å². The van der Waals surface area contributed by atoms with E-state index in [1.54, 1.807) is 54.3 Å². The Kier molecular flexibility index (Phi) is 12.1. The third kappa shape index (κ3) is 8.29. The van der Waals surface area contributed by atoms with E-state index in [1.165, 1.54) is 18.3 Å². The average molecular weight is 683 g/mol. The van der Waals surface area contributed by atoms with Gasteiger partial charge in [-0.15, -0.1) is 0 Å². The Balaban J connectivity index is 1.66. The Bertz CT molecular complexity index is 1750. The first kappa shape index (κ1) is 36.7. The number of primary amides is 1. The fourth-order valence-electron chi connectivity index (χ4n) is 6.53. The first-order chi connectivity index (χ1) is 22.8. The van der Waals surface area contributed by atoms with Gasteiger partial charge in [0.2, 0.25) is 11.8 Å². The lowest BCUT2D eigenvalue weighted by Gasteiger charge is -2.42. The summed E-state index contributed by atoms with van der Waals surface area (Å²) in [5, 5.41) is 14.9. The summed E-state index contributed by atoms with van der Waals surface area (Å²) in [4.78, 5) is 29.1. The fraction of sp³-hybridized carbons (Fsp3) is 0.389. The van der Waals surface area contributed by atoms with Crippen molar-refractivity contribution in [3.8, 4) is 0 Å². The molecule has 12 heteroatoms. The van der Waals surface area contributed by atoms with Crippen LogP contribution in [0.2, 0.25) is 0 Å². The number of nitrogens with two attached hydrogens (primary N) is 1. The van der Waals surface area contributed by atoms with Crippen molar-refractivity contribution in [1.29, 1.82) is 0 Å². The Morgan fingerprint density at radius 2 is 1.69 bits per heavy atom. The molecule has 9 nitrogen and oxygen atoms in total. The number of hydrogen-bond donors (Lipinski definition) is 3. The van der Waals surface area contributed by atoms with E-state index in [-0.39, 0.29) is 42.3 Å². The van der Waals surface area contributed by atoms with E-state index in [4.69, 9.17) is 5.73 Å². The van der Waals surface area contributed by atoms with Crippen LogP contribution in [0.5, 0.6) is 0 Å². The molecule has 48 heavy (non-hydrogen) atoms. The molecule has 3 atom stereocenters. The highest BCUT2D eigenvalue weighted by Gasteiger charge is 2.48. The van der Waals surface area contributed by atoms with E-state index in [0.717, 1.165) is 35.0 Å². The van der Waals surface area contributed by atoms with Gasteiger partial charge in [-0.25, -0.2) is 21.2 Å². The number of aromatic nitrogens is 1. The van der Waals surface area contributed by atoms with Crippen LogP contribution in [0.25, 0.3) is 0 Å². The lowest BCUT2D eigenvalue weighted by atomic mass is 9.63. The van der Waals surface area contributed by atoms with Gasteiger partial charge in [-0.3, -0.25) is 9.59 Å². The maximum Gasteiger partial charge on any atom is 0.267 e. The zero-order valence-electron chi connectivity index (χ0n) is 27.5. The molecular formula is C36H44F2N4O5S. The van der Waals surface area contributed by atoms with Crippen molar-refractivity contribution < 1.29 is 31.9 Å². The van der Waals surface area contributed by atoms with Crippen LogP contribution in [0.3, 0.4) is 0 Å². The van der Waals surface area contributed by atoms with Gasteiger partial charge in [-0.2, -0.15) is 0 Å². The number of carbonyl (C=O) groups excluding carboxylic acids is 2. The quantitative estimate of drug-likeness (QED) is 0.201. The van der Waals surface area contributed by atoms with E-state index >= 15 is 0 Å². The van der Waals surface area contributed by atoms with Gasteiger partial charge in [-0.05, 0) is 74.6 Å². The Morgan fingerprint density at radius 1 is 1.04 bits per heavy atom. The molecule has 0 aliphatic heterocycles. The zero-order chi connectivity index (χ0) is 35.1. The van der Waals surface area contributed by atoms with Gasteiger partial charge in [0.05, 0.1) is 16.4 Å². The van der Waals surface area contributed by atoms with Crippen molar-refractivity contribution in [1.82, 2.24) is 14.2 Å². The first-order valence-corrected chi connectivity index (χ1v) is 17.6. The van der Waals surface area contributed by atoms with Gasteiger partial charge < -0.3 is 21.1 Å². The lowest BCUT2D eigenvalue weighted by Crippen LogP contribution is -2.51. The monoisotopic (exact) mass is 682 g/mol. The molecule has 4 rings (SSSR count). The van der Waals surface area contributed by atoms with Crippen molar-refractivity contribution in [2.75, 3.05) is 19.6 Å². The molecule has 1 aromatic heterocycles. The van der Waals surface area contributed by atoms with Crippen molar-refractivity contribution in [2.45, 2.75) is 64.0 Å². The minimum absolute atomic E-state index is 0.0303. The molecule has 0 radical (unpaired) electrons. The van der Waals surface area contributed by atoms with E-state index < -0.39 is 45.0 Å². The molecule has 4 N–H and O–H groups in total. The minimum Gasteiger partial charge on any atom is -0.391 e. The predicted molar refractivity (Wildman–Crippen MR) is 180 cm³/mol. The van der Waals surface area contributed by atoms with Gasteiger partial charge in [-0.1, -0.05) is 49.8 Å². The van der Waals surface area contributed by atoms with Crippen LogP contribution in [-0.2, 0) is 32.6 Å². The summed E-state index contributed by atoms with van der Waals surface area (Å²) >= 11 is 0. The maximum atomic E-state index is 14.3. The van der Waals surface area contributed by atoms with E-state index in [1.807, 2.05) is 13.8 Å². The number of rotatable bonds is 16. The minimum atomic E-state index is -3.88. The Labute approximate surface area is 281 Å². The van der Waals surface area contributed by atoms with Crippen LogP contribution < -0.4 is 11.1 Å². The summed E-state index contributed by atoms with van der Waals surface area (Å²) in [5.74, 6) is -3.68. The molecule has 3 aromatic rings. The number of aliphatic hydroxyl groups is 1. The second kappa shape index (κ2) is 15.8. The number of halogens is 2. The summed E-state index contributed by atoms with van der Waals surface area (Å²) < 4.78 is 56.4. The highest BCUT2D eigenvalue weighted by molar-refractivity contribution is 7.90. The zero-order valence-corrected chi connectivity index (χ0v) is 28.3. The maximum absolute atomic E-state index is 14.3. The molecule has 1 heterocycles. The number of allylic oxidation sites excluding steroid dienone is 2. The molecule has 0 fully saturated rings. The fourth-order valence-corrected chi connectivity index (χ4v) is 7.92. The SMILES string of the molecule is CCCN(CCC)C(=O)C1=CC(C)=CC(C(N)=O)([C@H](Cc2cc(F)cc(F)c2)[C@@H](O)CNCc2cccn2S(=O)(=O)c2ccccc2)C1. The number of aliphatic hydroxyl groups excluding tert-OH is 1. The summed E-state index contributed by atoms with van der Waals surface area (Å²) in [7, 11) is -3.88. The molecule has 0 bridgehead atoms. The largest absolute Gasteiger partial charge is 0.391 e. The first-order valence-electron chi connectivity index (χ1n) is 16.1. The summed E-state index contributed by atoms with van der Waals surface area (Å²) in [6.45, 7) is 6.62. The molecule has 2 amide bonds. The van der Waals surface area contributed by atoms with Crippen LogP contribution in [0.15, 0.2) is 95.1 Å². The molecule has 2 aromatic carbocycles. The normalized spacial score (nSPS) is 17.7. The van der Waals surface area contributed by atoms with Gasteiger partial charge in [0.25, 0.3) is 10.0 Å². The summed E-state index contributed by atoms with van der Waals surface area (Å²) in [6, 6.07) is 14.2. The van der Waals surface area contributed by atoms with E-state index in [9.17, 15) is 31.9 Å². The smallest absolute Gasteiger partial charge is 0.267 e. The topological polar surface area (TPSA) is 135 Å². The van der Waals surface area contributed by atoms with Crippen LogP contribution in [0.4, 0.5) is 8.78 Å². The molecule has 1 unspecified atom stereocenters. The number of nitrogens with one attached hydrogen (secondary N) is 1. The van der Waals surface area contributed by atoms with Crippen molar-refractivity contribution in [3.05, 3.63) is 113 Å². The number of nitrogens with zero attached hydrogens (tertiary/aromatic N) is 2. The summed E-state index contributed by atoms with van der Waals surface area (Å²) in [5.41, 5.74) is 6.08. The molecule has 258 valence electrons. The highest BCUT2D eigenvalue weighted by Crippen LogP contribution is 2.44. The Morgan fingerprint density at radius 3 is 2.29 bits per heavy atom. The lowest BCUT2D eigenvalue weighted by molar-refractivity contribution is -0.132. The van der Waals surface area contributed by atoms with E-state index in [2.05, 4.69) is 5.32 Å². The van der Waals surface area contributed by atoms with Crippen molar-refractivity contribution in [3.63, 3.8) is 0 Å². The predicted octanol–water partition coefficient (Wildman–Crippen LogP) is 4.71. The van der Waals surface area contributed by atoms with Crippen LogP contribution in [-0.4, -0.2) is 59.9 Å².